The first-order valence-corrected chi connectivity index (χ1v) is 9.73. The molecular weight excluding hydrogens is 397 g/mol. The number of benzene rings is 1. The van der Waals surface area contributed by atoms with Gasteiger partial charge in [-0.1, -0.05) is 17.3 Å². The molecule has 3 aromatic rings. The third-order valence-corrected chi connectivity index (χ3v) is 4.99. The average molecular weight is 418 g/mol. The topological polar surface area (TPSA) is 71.2 Å². The summed E-state index contributed by atoms with van der Waals surface area (Å²) in [4.78, 5) is 17.3. The van der Waals surface area contributed by atoms with Gasteiger partial charge in [-0.05, 0) is 31.2 Å². The number of anilines is 1. The summed E-state index contributed by atoms with van der Waals surface area (Å²) in [7, 11) is 0. The highest BCUT2D eigenvalue weighted by Gasteiger charge is 2.30. The molecular formula is C20H21F3N6O. The van der Waals surface area contributed by atoms with E-state index in [4.69, 9.17) is 4.52 Å². The van der Waals surface area contributed by atoms with Crippen LogP contribution >= 0.6 is 0 Å². The van der Waals surface area contributed by atoms with Gasteiger partial charge in [-0.25, -0.2) is 9.97 Å². The number of piperazine rings is 1. The maximum Gasteiger partial charge on any atom is 0.416 e. The summed E-state index contributed by atoms with van der Waals surface area (Å²) in [5.74, 6) is 1.36. The smallest absolute Gasteiger partial charge is 0.339 e. The van der Waals surface area contributed by atoms with Crippen LogP contribution in [0.3, 0.4) is 0 Å². The lowest BCUT2D eigenvalue weighted by Crippen LogP contribution is -2.47. The normalized spacial score (nSPS) is 15.5. The van der Waals surface area contributed by atoms with E-state index in [2.05, 4.69) is 29.9 Å². The van der Waals surface area contributed by atoms with Crippen molar-refractivity contribution in [3.63, 3.8) is 0 Å². The molecule has 1 aliphatic rings. The fourth-order valence-electron chi connectivity index (χ4n) is 3.39. The molecule has 1 saturated heterocycles. The van der Waals surface area contributed by atoms with E-state index >= 15 is 0 Å². The molecule has 0 saturated carbocycles. The van der Waals surface area contributed by atoms with E-state index < -0.39 is 11.7 Å². The molecule has 0 atom stereocenters. The number of aromatic nitrogens is 4. The third kappa shape index (κ3) is 4.93. The van der Waals surface area contributed by atoms with Gasteiger partial charge in [0.15, 0.2) is 0 Å². The Morgan fingerprint density at radius 3 is 2.50 bits per heavy atom. The first-order chi connectivity index (χ1) is 14.5. The second-order valence-corrected chi connectivity index (χ2v) is 7.07. The van der Waals surface area contributed by atoms with Crippen LogP contribution in [0, 0.1) is 0 Å². The monoisotopic (exact) mass is 418 g/mol. The maximum atomic E-state index is 12.9. The van der Waals surface area contributed by atoms with Gasteiger partial charge in [-0.2, -0.15) is 18.2 Å². The Bertz CT molecular complexity index is 954. The van der Waals surface area contributed by atoms with Gasteiger partial charge in [-0.15, -0.1) is 0 Å². The lowest BCUT2D eigenvalue weighted by molar-refractivity contribution is -0.137. The summed E-state index contributed by atoms with van der Waals surface area (Å²) in [5.41, 5.74) is -0.439. The Morgan fingerprint density at radius 2 is 1.77 bits per heavy atom. The van der Waals surface area contributed by atoms with Gasteiger partial charge in [0.1, 0.15) is 0 Å². The molecule has 0 bridgehead atoms. The number of nitrogens with zero attached hydrogens (tertiary/aromatic N) is 6. The Hall–Kier alpha value is -3.01. The summed E-state index contributed by atoms with van der Waals surface area (Å²) < 4.78 is 43.8. The molecule has 3 heterocycles. The highest BCUT2D eigenvalue weighted by Crippen LogP contribution is 2.31. The van der Waals surface area contributed by atoms with Gasteiger partial charge in [0, 0.05) is 50.6 Å². The molecule has 0 amide bonds. The van der Waals surface area contributed by atoms with E-state index in [1.165, 1.54) is 6.07 Å². The molecule has 30 heavy (non-hydrogen) atoms. The quantitative estimate of drug-likeness (QED) is 0.608. The largest absolute Gasteiger partial charge is 0.416 e. The van der Waals surface area contributed by atoms with Crippen molar-refractivity contribution < 1.29 is 17.7 Å². The number of hydrogen-bond acceptors (Lipinski definition) is 7. The molecule has 0 radical (unpaired) electrons. The predicted octanol–water partition coefficient (Wildman–Crippen LogP) is 3.30. The highest BCUT2D eigenvalue weighted by atomic mass is 19.4. The summed E-state index contributed by atoms with van der Waals surface area (Å²) in [6.45, 7) is 4.44. The molecule has 4 rings (SSSR count). The zero-order valence-corrected chi connectivity index (χ0v) is 16.2. The van der Waals surface area contributed by atoms with E-state index in [0.29, 0.717) is 17.9 Å². The summed E-state index contributed by atoms with van der Waals surface area (Å²) in [5, 5.41) is 3.83. The molecule has 158 valence electrons. The molecule has 0 aliphatic carbocycles. The van der Waals surface area contributed by atoms with Crippen molar-refractivity contribution in [3.8, 4) is 11.4 Å². The summed E-state index contributed by atoms with van der Waals surface area (Å²) in [6.07, 6.45) is 0.485. The second kappa shape index (κ2) is 8.78. The van der Waals surface area contributed by atoms with Crippen molar-refractivity contribution in [1.29, 1.82) is 0 Å². The molecule has 0 unspecified atom stereocenters. The molecule has 0 spiro atoms. The Labute approximate surface area is 171 Å². The van der Waals surface area contributed by atoms with Crippen LogP contribution in [-0.2, 0) is 12.6 Å². The Kier molecular flexibility index (Phi) is 5.93. The minimum atomic E-state index is -4.40. The molecule has 1 aromatic carbocycles. The van der Waals surface area contributed by atoms with E-state index in [0.717, 1.165) is 57.2 Å². The lowest BCUT2D eigenvalue weighted by Gasteiger charge is -2.34. The van der Waals surface area contributed by atoms with Crippen LogP contribution in [-0.4, -0.2) is 57.7 Å². The average Bonchev–Trinajstić information content (AvgIpc) is 3.23. The Balaban J connectivity index is 1.26. The Morgan fingerprint density at radius 1 is 1.00 bits per heavy atom. The predicted molar refractivity (Wildman–Crippen MR) is 104 cm³/mol. The van der Waals surface area contributed by atoms with Crippen LogP contribution in [0.25, 0.3) is 11.4 Å². The first kappa shape index (κ1) is 20.3. The number of halogens is 3. The fourth-order valence-corrected chi connectivity index (χ4v) is 3.39. The molecule has 0 N–H and O–H groups in total. The van der Waals surface area contributed by atoms with Crippen molar-refractivity contribution in [2.45, 2.75) is 19.0 Å². The van der Waals surface area contributed by atoms with Crippen LogP contribution in [0.2, 0.25) is 0 Å². The van der Waals surface area contributed by atoms with Crippen LogP contribution in [0.4, 0.5) is 19.1 Å². The molecule has 7 nitrogen and oxygen atoms in total. The summed E-state index contributed by atoms with van der Waals surface area (Å²) in [6, 6.07) is 6.74. The van der Waals surface area contributed by atoms with Crippen LogP contribution in [0.5, 0.6) is 0 Å². The SMILES string of the molecule is FC(F)(F)c1cccc(-c2noc(CCCN3CCN(c4ncccn4)CC3)n2)c1. The van der Waals surface area contributed by atoms with Crippen molar-refractivity contribution in [3.05, 3.63) is 54.2 Å². The highest BCUT2D eigenvalue weighted by molar-refractivity contribution is 5.55. The number of hydrogen-bond donors (Lipinski definition) is 0. The van der Waals surface area contributed by atoms with Gasteiger partial charge in [0.05, 0.1) is 5.56 Å². The summed E-state index contributed by atoms with van der Waals surface area (Å²) >= 11 is 0. The zero-order valence-electron chi connectivity index (χ0n) is 16.2. The zero-order chi connectivity index (χ0) is 21.0. The van der Waals surface area contributed by atoms with Crippen molar-refractivity contribution in [1.82, 2.24) is 25.0 Å². The van der Waals surface area contributed by atoms with E-state index in [9.17, 15) is 13.2 Å². The molecule has 10 heteroatoms. The van der Waals surface area contributed by atoms with Crippen LogP contribution in [0.1, 0.15) is 17.9 Å². The molecule has 1 aliphatic heterocycles. The van der Waals surface area contributed by atoms with Gasteiger partial charge in [0.25, 0.3) is 0 Å². The van der Waals surface area contributed by atoms with Gasteiger partial charge < -0.3 is 9.42 Å². The standard InChI is InChI=1S/C20H21F3N6O/c21-20(22,23)16-5-1-4-15(14-16)18-26-17(30-27-18)6-2-9-28-10-12-29(13-11-28)19-24-7-3-8-25-19/h1,3-5,7-8,14H,2,6,9-13H2. The molecule has 2 aromatic heterocycles. The fraction of sp³-hybridized carbons (Fsp3) is 0.400. The van der Waals surface area contributed by atoms with Crippen molar-refractivity contribution >= 4 is 5.95 Å². The maximum absolute atomic E-state index is 12.9. The van der Waals surface area contributed by atoms with Crippen molar-refractivity contribution in [2.75, 3.05) is 37.6 Å². The van der Waals surface area contributed by atoms with E-state index in [-0.39, 0.29) is 5.82 Å². The number of aryl methyl sites for hydroxylation is 1. The second-order valence-electron chi connectivity index (χ2n) is 7.07. The van der Waals surface area contributed by atoms with E-state index in [1.54, 1.807) is 24.5 Å². The lowest BCUT2D eigenvalue weighted by atomic mass is 10.1. The van der Waals surface area contributed by atoms with E-state index in [1.807, 2.05) is 0 Å². The minimum Gasteiger partial charge on any atom is -0.339 e. The third-order valence-electron chi connectivity index (χ3n) is 4.99. The van der Waals surface area contributed by atoms with Gasteiger partial charge in [-0.3, -0.25) is 4.90 Å². The van der Waals surface area contributed by atoms with Gasteiger partial charge >= 0.3 is 6.18 Å². The minimum absolute atomic E-state index is 0.174. The van der Waals surface area contributed by atoms with Crippen LogP contribution in [0.15, 0.2) is 47.2 Å². The van der Waals surface area contributed by atoms with Gasteiger partial charge in [0.2, 0.25) is 17.7 Å². The molecule has 1 fully saturated rings. The number of alkyl halides is 3. The van der Waals surface area contributed by atoms with Crippen LogP contribution < -0.4 is 4.90 Å². The first-order valence-electron chi connectivity index (χ1n) is 9.73. The van der Waals surface area contributed by atoms with Crippen molar-refractivity contribution in [2.24, 2.45) is 0 Å². The number of rotatable bonds is 6.